The van der Waals surface area contributed by atoms with Crippen LogP contribution in [0.25, 0.3) is 17.1 Å². The highest BCUT2D eigenvalue weighted by Crippen LogP contribution is 2.47. The van der Waals surface area contributed by atoms with Crippen molar-refractivity contribution in [2.45, 2.75) is 6.04 Å². The van der Waals surface area contributed by atoms with E-state index < -0.39 is 6.04 Å². The van der Waals surface area contributed by atoms with Gasteiger partial charge in [0.15, 0.2) is 16.6 Å². The monoisotopic (exact) mass is 440 g/mol. The molecule has 0 fully saturated rings. The molecule has 8 heteroatoms. The third-order valence-corrected chi connectivity index (χ3v) is 6.21. The zero-order chi connectivity index (χ0) is 21.7. The Balaban J connectivity index is 1.66. The first-order valence-corrected chi connectivity index (χ1v) is 10.8. The fourth-order valence-corrected chi connectivity index (χ4v) is 4.82. The first-order valence-electron chi connectivity index (χ1n) is 9.96. The number of thiazole rings is 1. The molecule has 1 amide bonds. The number of hydrogen-bond donors (Lipinski definition) is 1. The second kappa shape index (κ2) is 7.21. The topological polar surface area (TPSA) is 84.4 Å². The summed E-state index contributed by atoms with van der Waals surface area (Å²) in [5.74, 6) is 0.477. The van der Waals surface area contributed by atoms with E-state index in [4.69, 9.17) is 9.52 Å². The molecule has 0 spiro atoms. The van der Waals surface area contributed by atoms with E-state index in [1.165, 1.54) is 11.3 Å². The average Bonchev–Trinajstić information content (AvgIpc) is 3.60. The number of nitrogens with zero attached hydrogens (tertiary/aromatic N) is 4. The summed E-state index contributed by atoms with van der Waals surface area (Å²) < 4.78 is 7.53. The van der Waals surface area contributed by atoms with Gasteiger partial charge in [0.25, 0.3) is 5.91 Å². The molecular formula is C24H16N4O3S. The Hall–Kier alpha value is -4.17. The number of phenolic OH excluding ortho intramolecular Hbond substituents is 1. The summed E-state index contributed by atoms with van der Waals surface area (Å²) in [6.07, 6.45) is 3.27. The molecule has 1 atom stereocenters. The lowest BCUT2D eigenvalue weighted by atomic mass is 9.98. The zero-order valence-corrected chi connectivity index (χ0v) is 17.4. The molecule has 32 heavy (non-hydrogen) atoms. The molecule has 7 nitrogen and oxygen atoms in total. The molecule has 3 aromatic heterocycles. The van der Waals surface area contributed by atoms with Crippen LogP contribution in [-0.2, 0) is 0 Å². The molecule has 1 unspecified atom stereocenters. The van der Waals surface area contributed by atoms with Crippen LogP contribution in [0.2, 0.25) is 0 Å². The summed E-state index contributed by atoms with van der Waals surface area (Å²) in [5, 5.41) is 17.3. The third kappa shape index (κ3) is 2.77. The van der Waals surface area contributed by atoms with Gasteiger partial charge in [-0.15, -0.1) is 11.3 Å². The van der Waals surface area contributed by atoms with Gasteiger partial charge in [0, 0.05) is 17.1 Å². The number of amides is 1. The van der Waals surface area contributed by atoms with Gasteiger partial charge < -0.3 is 9.52 Å². The van der Waals surface area contributed by atoms with Gasteiger partial charge in [-0.2, -0.15) is 5.10 Å². The maximum atomic E-state index is 13.7. The number of fused-ring (bicyclic) bond motifs is 1. The van der Waals surface area contributed by atoms with Crippen LogP contribution in [0, 0.1) is 0 Å². The molecule has 156 valence electrons. The van der Waals surface area contributed by atoms with Crippen LogP contribution in [0.3, 0.4) is 0 Å². The molecule has 1 aliphatic rings. The SMILES string of the molecule is O=C1c2nn(-c3ccccc3)c(-c3ccco3)c2C(c2cccc(O)c2)N1c1nccs1. The van der Waals surface area contributed by atoms with E-state index in [2.05, 4.69) is 4.98 Å². The van der Waals surface area contributed by atoms with E-state index >= 15 is 0 Å². The van der Waals surface area contributed by atoms with Gasteiger partial charge in [-0.05, 0) is 42.0 Å². The number of benzene rings is 2. The number of aromatic nitrogens is 3. The number of carbonyl (C=O) groups is 1. The van der Waals surface area contributed by atoms with Crippen molar-refractivity contribution >= 4 is 22.4 Å². The Labute approximate surface area is 186 Å². The minimum absolute atomic E-state index is 0.123. The molecule has 0 saturated carbocycles. The van der Waals surface area contributed by atoms with E-state index in [0.717, 1.165) is 16.8 Å². The second-order valence-electron chi connectivity index (χ2n) is 7.32. The van der Waals surface area contributed by atoms with Gasteiger partial charge in [-0.25, -0.2) is 9.67 Å². The van der Waals surface area contributed by atoms with Crippen molar-refractivity contribution in [3.05, 3.63) is 101 Å². The molecular weight excluding hydrogens is 424 g/mol. The molecule has 5 aromatic rings. The van der Waals surface area contributed by atoms with Gasteiger partial charge in [-0.3, -0.25) is 9.69 Å². The van der Waals surface area contributed by atoms with Crippen LogP contribution < -0.4 is 4.90 Å². The predicted molar refractivity (Wildman–Crippen MR) is 120 cm³/mol. The molecule has 1 N–H and O–H groups in total. The molecule has 0 radical (unpaired) electrons. The van der Waals surface area contributed by atoms with E-state index in [0.29, 0.717) is 22.3 Å². The first-order chi connectivity index (χ1) is 15.7. The van der Waals surface area contributed by atoms with Gasteiger partial charge >= 0.3 is 0 Å². The molecule has 6 rings (SSSR count). The van der Waals surface area contributed by atoms with Gasteiger partial charge in [-0.1, -0.05) is 30.3 Å². The minimum Gasteiger partial charge on any atom is -0.508 e. The van der Waals surface area contributed by atoms with Crippen LogP contribution >= 0.6 is 11.3 Å². The summed E-state index contributed by atoms with van der Waals surface area (Å²) in [6.45, 7) is 0. The predicted octanol–water partition coefficient (Wildman–Crippen LogP) is 5.04. The molecule has 0 saturated heterocycles. The Morgan fingerprint density at radius 1 is 1.03 bits per heavy atom. The molecule has 0 aliphatic carbocycles. The van der Waals surface area contributed by atoms with E-state index in [-0.39, 0.29) is 11.7 Å². The lowest BCUT2D eigenvalue weighted by molar-refractivity contribution is 0.0988. The highest BCUT2D eigenvalue weighted by atomic mass is 32.1. The maximum absolute atomic E-state index is 13.7. The fraction of sp³-hybridized carbons (Fsp3) is 0.0417. The van der Waals surface area contributed by atoms with Crippen molar-refractivity contribution in [2.75, 3.05) is 4.90 Å². The van der Waals surface area contributed by atoms with Crippen molar-refractivity contribution < 1.29 is 14.3 Å². The Morgan fingerprint density at radius 2 is 1.91 bits per heavy atom. The minimum atomic E-state index is -0.520. The Bertz CT molecular complexity index is 1410. The molecule has 4 heterocycles. The number of phenols is 1. The van der Waals surface area contributed by atoms with Crippen LogP contribution in [0.15, 0.2) is 89.0 Å². The van der Waals surface area contributed by atoms with Crippen LogP contribution in [-0.4, -0.2) is 25.8 Å². The molecule has 1 aliphatic heterocycles. The van der Waals surface area contributed by atoms with Gasteiger partial charge in [0.05, 0.1) is 18.0 Å². The number of rotatable bonds is 4. The largest absolute Gasteiger partial charge is 0.508 e. The highest BCUT2D eigenvalue weighted by Gasteiger charge is 2.46. The van der Waals surface area contributed by atoms with Crippen molar-refractivity contribution in [1.82, 2.24) is 14.8 Å². The quantitative estimate of drug-likeness (QED) is 0.423. The van der Waals surface area contributed by atoms with Crippen molar-refractivity contribution in [1.29, 1.82) is 0 Å². The number of aromatic hydroxyl groups is 1. The van der Waals surface area contributed by atoms with Gasteiger partial charge in [0.1, 0.15) is 11.4 Å². The summed E-state index contributed by atoms with van der Waals surface area (Å²) in [6, 6.07) is 19.7. The van der Waals surface area contributed by atoms with Crippen molar-refractivity contribution in [3.8, 4) is 22.9 Å². The van der Waals surface area contributed by atoms with Crippen molar-refractivity contribution in [3.63, 3.8) is 0 Å². The number of carbonyl (C=O) groups excluding carboxylic acids is 1. The van der Waals surface area contributed by atoms with Crippen LogP contribution in [0.1, 0.15) is 27.7 Å². The fourth-order valence-electron chi connectivity index (χ4n) is 4.16. The smallest absolute Gasteiger partial charge is 0.281 e. The second-order valence-corrected chi connectivity index (χ2v) is 8.20. The summed E-state index contributed by atoms with van der Waals surface area (Å²) in [5.41, 5.74) is 3.32. The zero-order valence-electron chi connectivity index (χ0n) is 16.6. The van der Waals surface area contributed by atoms with E-state index in [9.17, 15) is 9.90 Å². The van der Waals surface area contributed by atoms with Crippen LogP contribution in [0.4, 0.5) is 5.13 Å². The summed E-state index contributed by atoms with van der Waals surface area (Å²) in [7, 11) is 0. The maximum Gasteiger partial charge on any atom is 0.281 e. The average molecular weight is 440 g/mol. The normalized spacial score (nSPS) is 15.3. The Morgan fingerprint density at radius 3 is 2.62 bits per heavy atom. The highest BCUT2D eigenvalue weighted by molar-refractivity contribution is 7.13. The lowest BCUT2D eigenvalue weighted by Crippen LogP contribution is -2.29. The number of furan rings is 1. The number of anilines is 1. The lowest BCUT2D eigenvalue weighted by Gasteiger charge is -2.24. The summed E-state index contributed by atoms with van der Waals surface area (Å²) in [4.78, 5) is 19.7. The first kappa shape index (κ1) is 18.6. The van der Waals surface area contributed by atoms with Crippen molar-refractivity contribution in [2.24, 2.45) is 0 Å². The van der Waals surface area contributed by atoms with Gasteiger partial charge in [0.2, 0.25) is 0 Å². The molecule has 2 aromatic carbocycles. The van der Waals surface area contributed by atoms with E-state index in [1.807, 2.05) is 53.9 Å². The standard InChI is InChI=1S/C24H16N4O3S/c29-17-9-4-6-15(14-17)21-19-20(23(30)27(21)24-25-11-13-32-24)26-28(16-7-2-1-3-8-16)22(19)18-10-5-12-31-18/h1-14,21,29H. The molecule has 0 bridgehead atoms. The number of hydrogen-bond acceptors (Lipinski definition) is 6. The Kier molecular flexibility index (Phi) is 4.19. The summed E-state index contributed by atoms with van der Waals surface area (Å²) >= 11 is 1.38. The van der Waals surface area contributed by atoms with E-state index in [1.54, 1.807) is 40.2 Å². The third-order valence-electron chi connectivity index (χ3n) is 5.44. The number of para-hydroxylation sites is 1. The van der Waals surface area contributed by atoms with Crippen LogP contribution in [0.5, 0.6) is 5.75 Å².